The number of amides is 3. The number of carbonyl (C=O) groups is 4. The summed E-state index contributed by atoms with van der Waals surface area (Å²) in [4.78, 5) is 57.4. The lowest BCUT2D eigenvalue weighted by Gasteiger charge is -2.29. The van der Waals surface area contributed by atoms with Gasteiger partial charge in [0.2, 0.25) is 0 Å². The molecule has 0 bridgehead atoms. The number of hydrogen-bond acceptors (Lipinski definition) is 8. The number of hydrogen-bond donors (Lipinski definition) is 0. The third-order valence-electron chi connectivity index (χ3n) is 4.41. The standard InChI is InChI=1S/C21H19N5O6/c1-21(2,3)31-17(27)12-24(25-18(28)13-8-4-5-9-14(13)19(25)29)20(30)32-26-16-11-7-6-10-15(16)22-23-26/h4-11H,12H2,1-3H3. The largest absolute Gasteiger partial charge is 0.459 e. The molecule has 164 valence electrons. The van der Waals surface area contributed by atoms with Gasteiger partial charge >= 0.3 is 12.1 Å². The molecule has 0 saturated carbocycles. The van der Waals surface area contributed by atoms with Gasteiger partial charge in [-0.2, -0.15) is 10.0 Å². The van der Waals surface area contributed by atoms with Crippen LogP contribution in [0.15, 0.2) is 48.5 Å². The molecule has 3 aromatic rings. The molecule has 3 amide bonds. The number of carbonyl (C=O) groups excluding carboxylic acids is 4. The van der Waals surface area contributed by atoms with E-state index in [1.54, 1.807) is 57.2 Å². The van der Waals surface area contributed by atoms with E-state index in [4.69, 9.17) is 9.57 Å². The summed E-state index contributed by atoms with van der Waals surface area (Å²) >= 11 is 0. The summed E-state index contributed by atoms with van der Waals surface area (Å²) in [5.41, 5.74) is 0.188. The first-order valence-electron chi connectivity index (χ1n) is 9.65. The van der Waals surface area contributed by atoms with Crippen LogP contribution < -0.4 is 4.84 Å². The maximum absolute atomic E-state index is 13.0. The highest BCUT2D eigenvalue weighted by molar-refractivity contribution is 6.21. The summed E-state index contributed by atoms with van der Waals surface area (Å²) in [5.74, 6) is -2.38. The van der Waals surface area contributed by atoms with Crippen molar-refractivity contribution < 1.29 is 28.8 Å². The molecular formula is C21H19N5O6. The van der Waals surface area contributed by atoms with Crippen LogP contribution in [0.3, 0.4) is 0 Å². The Kier molecular flexibility index (Phi) is 5.09. The molecule has 0 radical (unpaired) electrons. The molecular weight excluding hydrogens is 418 g/mol. The van der Waals surface area contributed by atoms with E-state index >= 15 is 0 Å². The molecule has 0 spiro atoms. The van der Waals surface area contributed by atoms with Crippen LogP contribution in [0.1, 0.15) is 41.5 Å². The van der Waals surface area contributed by atoms with E-state index in [-0.39, 0.29) is 11.1 Å². The van der Waals surface area contributed by atoms with Crippen molar-refractivity contribution in [2.24, 2.45) is 0 Å². The van der Waals surface area contributed by atoms with Crippen LogP contribution in [-0.2, 0) is 9.53 Å². The second kappa shape index (κ2) is 7.76. The van der Waals surface area contributed by atoms with Crippen LogP contribution in [0.2, 0.25) is 0 Å². The molecule has 0 saturated heterocycles. The highest BCUT2D eigenvalue weighted by Gasteiger charge is 2.43. The number of fused-ring (bicyclic) bond motifs is 2. The van der Waals surface area contributed by atoms with Crippen LogP contribution in [0.5, 0.6) is 0 Å². The molecule has 0 unspecified atom stereocenters. The van der Waals surface area contributed by atoms with E-state index in [9.17, 15) is 19.2 Å². The molecule has 1 aliphatic heterocycles. The Bertz CT molecular complexity index is 1210. The van der Waals surface area contributed by atoms with E-state index in [0.29, 0.717) is 21.1 Å². The predicted molar refractivity (Wildman–Crippen MR) is 109 cm³/mol. The molecule has 1 aromatic heterocycles. The van der Waals surface area contributed by atoms with Crippen LogP contribution in [0.4, 0.5) is 4.79 Å². The first kappa shape index (κ1) is 21.0. The van der Waals surface area contributed by atoms with Gasteiger partial charge in [0.05, 0.1) is 11.1 Å². The van der Waals surface area contributed by atoms with Crippen LogP contribution in [0.25, 0.3) is 11.0 Å². The van der Waals surface area contributed by atoms with E-state index in [2.05, 4.69) is 10.3 Å². The first-order chi connectivity index (χ1) is 15.2. The number of esters is 1. The number of aromatic nitrogens is 3. The fourth-order valence-corrected chi connectivity index (χ4v) is 3.14. The van der Waals surface area contributed by atoms with Crippen molar-refractivity contribution in [3.63, 3.8) is 0 Å². The van der Waals surface area contributed by atoms with Gasteiger partial charge in [-0.15, -0.1) is 5.10 Å². The number of ether oxygens (including phenoxy) is 1. The SMILES string of the molecule is CC(C)(C)OC(=O)CN(C(=O)On1nnc2ccccc21)N1C(=O)c2ccccc2C1=O. The molecule has 32 heavy (non-hydrogen) atoms. The topological polar surface area (TPSA) is 124 Å². The van der Waals surface area contributed by atoms with Crippen molar-refractivity contribution in [1.29, 1.82) is 0 Å². The lowest BCUT2D eigenvalue weighted by atomic mass is 10.1. The number of hydrazine groups is 1. The Labute approximate surface area is 182 Å². The third-order valence-corrected chi connectivity index (χ3v) is 4.41. The monoisotopic (exact) mass is 437 g/mol. The number of nitrogens with zero attached hydrogens (tertiary/aromatic N) is 5. The van der Waals surface area contributed by atoms with E-state index in [1.165, 1.54) is 12.1 Å². The quantitative estimate of drug-likeness (QED) is 0.344. The molecule has 0 N–H and O–H groups in total. The number of para-hydroxylation sites is 1. The van der Waals surface area contributed by atoms with Gasteiger partial charge in [0.15, 0.2) is 0 Å². The van der Waals surface area contributed by atoms with Crippen molar-refractivity contribution in [2.75, 3.05) is 6.54 Å². The minimum atomic E-state index is -1.19. The minimum Gasteiger partial charge on any atom is -0.459 e. The Hall–Kier alpha value is -4.28. The van der Waals surface area contributed by atoms with Gasteiger partial charge in [0.1, 0.15) is 23.2 Å². The van der Waals surface area contributed by atoms with Crippen molar-refractivity contribution in [1.82, 2.24) is 25.2 Å². The lowest BCUT2D eigenvalue weighted by molar-refractivity contribution is -0.158. The zero-order chi connectivity index (χ0) is 23.0. The number of imide groups is 1. The fraction of sp³-hybridized carbons (Fsp3) is 0.238. The van der Waals surface area contributed by atoms with Crippen molar-refractivity contribution >= 4 is 34.9 Å². The molecule has 1 aliphatic rings. The van der Waals surface area contributed by atoms with Gasteiger partial charge in [-0.05, 0) is 50.3 Å². The zero-order valence-corrected chi connectivity index (χ0v) is 17.5. The Morgan fingerprint density at radius 1 is 0.969 bits per heavy atom. The van der Waals surface area contributed by atoms with Gasteiger partial charge in [-0.3, -0.25) is 19.2 Å². The summed E-state index contributed by atoms with van der Waals surface area (Å²) in [6.07, 6.45) is -1.19. The molecule has 2 aromatic carbocycles. The van der Waals surface area contributed by atoms with Crippen LogP contribution in [-0.4, -0.2) is 61.2 Å². The van der Waals surface area contributed by atoms with Gasteiger partial charge in [0, 0.05) is 0 Å². The van der Waals surface area contributed by atoms with Crippen molar-refractivity contribution in [3.05, 3.63) is 59.7 Å². The summed E-state index contributed by atoms with van der Waals surface area (Å²) in [5, 5.41) is 8.79. The maximum atomic E-state index is 13.0. The molecule has 11 heteroatoms. The lowest BCUT2D eigenvalue weighted by Crippen LogP contribution is -2.54. The van der Waals surface area contributed by atoms with Gasteiger partial charge in [0.25, 0.3) is 11.8 Å². The normalized spacial score (nSPS) is 13.3. The van der Waals surface area contributed by atoms with Crippen LogP contribution >= 0.6 is 0 Å². The predicted octanol–water partition coefficient (Wildman–Crippen LogP) is 1.83. The fourth-order valence-electron chi connectivity index (χ4n) is 3.14. The molecule has 11 nitrogen and oxygen atoms in total. The first-order valence-corrected chi connectivity index (χ1v) is 9.65. The zero-order valence-electron chi connectivity index (χ0n) is 17.5. The Balaban J connectivity index is 1.66. The average Bonchev–Trinajstić information content (AvgIpc) is 3.24. The number of rotatable bonds is 4. The summed E-state index contributed by atoms with van der Waals surface area (Å²) in [6.45, 7) is 4.21. The minimum absolute atomic E-state index is 0.102. The summed E-state index contributed by atoms with van der Waals surface area (Å²) < 4.78 is 5.26. The molecule has 0 aliphatic carbocycles. The Morgan fingerprint density at radius 2 is 1.56 bits per heavy atom. The second-order valence-corrected chi connectivity index (χ2v) is 7.92. The van der Waals surface area contributed by atoms with Gasteiger partial charge < -0.3 is 4.74 Å². The van der Waals surface area contributed by atoms with Gasteiger partial charge in [-0.1, -0.05) is 29.1 Å². The molecule has 2 heterocycles. The third kappa shape index (κ3) is 3.87. The smallest absolute Gasteiger partial charge is 0.456 e. The van der Waals surface area contributed by atoms with Crippen molar-refractivity contribution in [2.45, 2.75) is 26.4 Å². The van der Waals surface area contributed by atoms with E-state index in [1.807, 2.05) is 0 Å². The summed E-state index contributed by atoms with van der Waals surface area (Å²) in [7, 11) is 0. The average molecular weight is 437 g/mol. The maximum Gasteiger partial charge on any atom is 0.456 e. The highest BCUT2D eigenvalue weighted by Crippen LogP contribution is 2.24. The van der Waals surface area contributed by atoms with E-state index < -0.39 is 36.0 Å². The van der Waals surface area contributed by atoms with E-state index in [0.717, 1.165) is 4.85 Å². The number of benzene rings is 2. The highest BCUT2D eigenvalue weighted by atomic mass is 16.7. The second-order valence-electron chi connectivity index (χ2n) is 7.92. The van der Waals surface area contributed by atoms with Crippen molar-refractivity contribution in [3.8, 4) is 0 Å². The molecule has 0 fully saturated rings. The Morgan fingerprint density at radius 3 is 2.19 bits per heavy atom. The molecule has 0 atom stereocenters. The van der Waals surface area contributed by atoms with Crippen LogP contribution in [0, 0.1) is 0 Å². The molecule has 4 rings (SSSR count). The summed E-state index contributed by atoms with van der Waals surface area (Å²) in [6, 6.07) is 12.8. The van der Waals surface area contributed by atoms with Gasteiger partial charge in [-0.25, -0.2) is 4.79 Å².